The number of anilines is 1. The van der Waals surface area contributed by atoms with Crippen molar-refractivity contribution in [3.8, 4) is 22.8 Å². The van der Waals surface area contributed by atoms with Gasteiger partial charge in [0.25, 0.3) is 0 Å². The largest absolute Gasteiger partial charge is 0.493 e. The number of aromatic nitrogens is 1. The SMILES string of the molecule is COc1cc(C=CC(=O)Nc2nc(-c3ccccc3)cs2)cc(Br)c1OCc1ccccc1. The average molecular weight is 521 g/mol. The summed E-state index contributed by atoms with van der Waals surface area (Å²) in [5, 5.41) is 5.28. The monoisotopic (exact) mass is 520 g/mol. The summed E-state index contributed by atoms with van der Waals surface area (Å²) in [6, 6.07) is 23.5. The lowest BCUT2D eigenvalue weighted by Gasteiger charge is -2.13. The van der Waals surface area contributed by atoms with E-state index in [1.165, 1.54) is 17.4 Å². The smallest absolute Gasteiger partial charge is 0.250 e. The fourth-order valence-electron chi connectivity index (χ4n) is 3.10. The molecule has 7 heteroatoms. The average Bonchev–Trinajstić information content (AvgIpc) is 3.31. The maximum atomic E-state index is 12.4. The molecule has 1 heterocycles. The second-order valence-electron chi connectivity index (χ2n) is 7.03. The summed E-state index contributed by atoms with van der Waals surface area (Å²) >= 11 is 4.94. The molecular formula is C26H21BrN2O3S. The Kier molecular flexibility index (Phi) is 7.55. The molecule has 4 rings (SSSR count). The van der Waals surface area contributed by atoms with E-state index in [0.29, 0.717) is 23.2 Å². The molecule has 0 saturated carbocycles. The zero-order valence-corrected chi connectivity index (χ0v) is 20.2. The van der Waals surface area contributed by atoms with Gasteiger partial charge in [-0.3, -0.25) is 10.1 Å². The van der Waals surface area contributed by atoms with Gasteiger partial charge >= 0.3 is 0 Å². The van der Waals surface area contributed by atoms with Gasteiger partial charge in [0.15, 0.2) is 16.6 Å². The van der Waals surface area contributed by atoms with Crippen LogP contribution in [0.1, 0.15) is 11.1 Å². The molecule has 0 bridgehead atoms. The number of carbonyl (C=O) groups is 1. The topological polar surface area (TPSA) is 60.5 Å². The highest BCUT2D eigenvalue weighted by molar-refractivity contribution is 9.10. The zero-order valence-electron chi connectivity index (χ0n) is 17.8. The molecular weight excluding hydrogens is 500 g/mol. The van der Waals surface area contributed by atoms with E-state index >= 15 is 0 Å². The minimum Gasteiger partial charge on any atom is -0.493 e. The number of benzene rings is 3. The third-order valence-electron chi connectivity index (χ3n) is 4.71. The number of nitrogens with zero attached hydrogens (tertiary/aromatic N) is 1. The van der Waals surface area contributed by atoms with Crippen molar-refractivity contribution >= 4 is 44.4 Å². The van der Waals surface area contributed by atoms with Crippen LogP contribution in [0.2, 0.25) is 0 Å². The molecule has 0 aliphatic carbocycles. The minimum atomic E-state index is -0.261. The maximum Gasteiger partial charge on any atom is 0.250 e. The molecule has 0 unspecified atom stereocenters. The quantitative estimate of drug-likeness (QED) is 0.259. The van der Waals surface area contributed by atoms with Crippen molar-refractivity contribution in [1.29, 1.82) is 0 Å². The van der Waals surface area contributed by atoms with E-state index in [1.54, 1.807) is 13.2 Å². The van der Waals surface area contributed by atoms with Gasteiger partial charge in [-0.25, -0.2) is 4.98 Å². The fraction of sp³-hybridized carbons (Fsp3) is 0.0769. The van der Waals surface area contributed by atoms with Crippen LogP contribution in [0.15, 0.2) is 88.7 Å². The normalized spacial score (nSPS) is 10.8. The lowest BCUT2D eigenvalue weighted by molar-refractivity contribution is -0.111. The molecule has 0 fully saturated rings. The molecule has 1 aromatic heterocycles. The van der Waals surface area contributed by atoms with Crippen LogP contribution in [-0.4, -0.2) is 18.0 Å². The van der Waals surface area contributed by atoms with Gasteiger partial charge in [0.1, 0.15) is 6.61 Å². The van der Waals surface area contributed by atoms with Crippen molar-refractivity contribution in [1.82, 2.24) is 4.98 Å². The number of rotatable bonds is 8. The Morgan fingerprint density at radius 1 is 1.09 bits per heavy atom. The van der Waals surface area contributed by atoms with Crippen LogP contribution in [0, 0.1) is 0 Å². The highest BCUT2D eigenvalue weighted by Gasteiger charge is 2.12. The highest BCUT2D eigenvalue weighted by atomic mass is 79.9. The Morgan fingerprint density at radius 3 is 2.55 bits per heavy atom. The van der Waals surface area contributed by atoms with Crippen LogP contribution in [0.3, 0.4) is 0 Å². The number of ether oxygens (including phenoxy) is 2. The summed E-state index contributed by atoms with van der Waals surface area (Å²) in [7, 11) is 1.59. The number of amides is 1. The number of halogens is 1. The number of hydrogen-bond donors (Lipinski definition) is 1. The van der Waals surface area contributed by atoms with Crippen molar-refractivity contribution in [2.45, 2.75) is 6.61 Å². The lowest BCUT2D eigenvalue weighted by atomic mass is 10.2. The number of hydrogen-bond acceptors (Lipinski definition) is 5. The first kappa shape index (κ1) is 22.8. The Labute approximate surface area is 204 Å². The van der Waals surface area contributed by atoms with Gasteiger partial charge in [-0.15, -0.1) is 11.3 Å². The summed E-state index contributed by atoms with van der Waals surface area (Å²) in [6.07, 6.45) is 3.19. The Bertz CT molecular complexity index is 1260. The standard InChI is InChI=1S/C26H21BrN2O3S/c1-31-23-15-19(14-21(27)25(23)32-16-18-8-4-2-5-9-18)12-13-24(30)29-26-28-22(17-33-26)20-10-6-3-7-11-20/h2-15,17H,16H2,1H3,(H,28,29,30). The molecule has 0 saturated heterocycles. The van der Waals surface area contributed by atoms with Gasteiger partial charge < -0.3 is 9.47 Å². The molecule has 0 aliphatic rings. The van der Waals surface area contributed by atoms with Crippen LogP contribution >= 0.6 is 27.3 Å². The first-order valence-corrected chi connectivity index (χ1v) is 11.8. The zero-order chi connectivity index (χ0) is 23.0. The van der Waals surface area contributed by atoms with E-state index in [0.717, 1.165) is 26.9 Å². The third kappa shape index (κ3) is 6.09. The number of methoxy groups -OCH3 is 1. The van der Waals surface area contributed by atoms with Crippen molar-refractivity contribution < 1.29 is 14.3 Å². The van der Waals surface area contributed by atoms with E-state index in [4.69, 9.17) is 9.47 Å². The lowest BCUT2D eigenvalue weighted by Crippen LogP contribution is -2.07. The molecule has 1 N–H and O–H groups in total. The van der Waals surface area contributed by atoms with Crippen LogP contribution < -0.4 is 14.8 Å². The Balaban J connectivity index is 1.41. The minimum absolute atomic E-state index is 0.261. The van der Waals surface area contributed by atoms with E-state index in [9.17, 15) is 4.79 Å². The molecule has 0 spiro atoms. The van der Waals surface area contributed by atoms with Gasteiger partial charge in [0, 0.05) is 17.0 Å². The van der Waals surface area contributed by atoms with Crippen LogP contribution in [-0.2, 0) is 11.4 Å². The molecule has 3 aromatic carbocycles. The molecule has 0 radical (unpaired) electrons. The second-order valence-corrected chi connectivity index (χ2v) is 8.75. The van der Waals surface area contributed by atoms with Crippen molar-refractivity contribution in [2.24, 2.45) is 0 Å². The van der Waals surface area contributed by atoms with Gasteiger partial charge in [-0.1, -0.05) is 60.7 Å². The Morgan fingerprint density at radius 2 is 1.82 bits per heavy atom. The summed E-state index contributed by atoms with van der Waals surface area (Å²) in [4.78, 5) is 16.9. The summed E-state index contributed by atoms with van der Waals surface area (Å²) in [5.41, 5.74) is 3.70. The Hall–Kier alpha value is -3.42. The molecule has 0 atom stereocenters. The number of carbonyl (C=O) groups excluding carboxylic acids is 1. The van der Waals surface area contributed by atoms with Gasteiger partial charge in [0.05, 0.1) is 17.3 Å². The van der Waals surface area contributed by atoms with Crippen LogP contribution in [0.25, 0.3) is 17.3 Å². The van der Waals surface area contributed by atoms with E-state index < -0.39 is 0 Å². The molecule has 166 valence electrons. The van der Waals surface area contributed by atoms with Crippen molar-refractivity contribution in [3.63, 3.8) is 0 Å². The fourth-order valence-corrected chi connectivity index (χ4v) is 4.39. The van der Waals surface area contributed by atoms with Gasteiger partial charge in [0.2, 0.25) is 5.91 Å². The third-order valence-corrected chi connectivity index (χ3v) is 6.06. The van der Waals surface area contributed by atoms with Gasteiger partial charge in [-0.2, -0.15) is 0 Å². The predicted molar refractivity (Wildman–Crippen MR) is 137 cm³/mol. The summed E-state index contributed by atoms with van der Waals surface area (Å²) < 4.78 is 12.2. The second kappa shape index (κ2) is 10.9. The molecule has 1 amide bonds. The highest BCUT2D eigenvalue weighted by Crippen LogP contribution is 2.37. The predicted octanol–water partition coefficient (Wildman–Crippen LogP) is 6.81. The van der Waals surface area contributed by atoms with Crippen LogP contribution in [0.5, 0.6) is 11.5 Å². The molecule has 33 heavy (non-hydrogen) atoms. The molecule has 5 nitrogen and oxygen atoms in total. The van der Waals surface area contributed by atoms with Gasteiger partial charge in [-0.05, 0) is 45.3 Å². The summed E-state index contributed by atoms with van der Waals surface area (Å²) in [6.45, 7) is 0.423. The van der Waals surface area contributed by atoms with Crippen molar-refractivity contribution in [3.05, 3.63) is 99.9 Å². The van der Waals surface area contributed by atoms with E-state index in [1.807, 2.05) is 78.2 Å². The molecule has 0 aliphatic heterocycles. The first-order valence-electron chi connectivity index (χ1n) is 10.2. The van der Waals surface area contributed by atoms with Crippen molar-refractivity contribution in [2.75, 3.05) is 12.4 Å². The number of nitrogens with one attached hydrogen (secondary N) is 1. The van der Waals surface area contributed by atoms with E-state index in [-0.39, 0.29) is 5.91 Å². The van der Waals surface area contributed by atoms with E-state index in [2.05, 4.69) is 26.2 Å². The first-order chi connectivity index (χ1) is 16.1. The maximum absolute atomic E-state index is 12.4. The van der Waals surface area contributed by atoms with Crippen LogP contribution in [0.4, 0.5) is 5.13 Å². The molecule has 4 aromatic rings. The summed E-state index contributed by atoms with van der Waals surface area (Å²) in [5.74, 6) is 0.926. The number of thiazole rings is 1.